The van der Waals surface area contributed by atoms with Crippen molar-refractivity contribution in [1.29, 1.82) is 0 Å². The molecule has 4 N–H and O–H groups in total. The predicted molar refractivity (Wildman–Crippen MR) is 43.9 cm³/mol. The van der Waals surface area contributed by atoms with E-state index >= 15 is 0 Å². The maximum absolute atomic E-state index is 10.3. The Bertz CT molecular complexity index is 316. The summed E-state index contributed by atoms with van der Waals surface area (Å²) in [6.07, 6.45) is 0.389. The molecule has 0 spiro atoms. The molecule has 6 heteroatoms. The van der Waals surface area contributed by atoms with Gasteiger partial charge in [0.2, 0.25) is 0 Å². The SMILES string of the molecule is NC(=O)Oc1cc(N)cnc1Cl. The van der Waals surface area contributed by atoms with E-state index in [4.69, 9.17) is 23.1 Å². The van der Waals surface area contributed by atoms with E-state index < -0.39 is 6.09 Å². The predicted octanol–water partition coefficient (Wildman–Crippen LogP) is 0.775. The van der Waals surface area contributed by atoms with Crippen molar-refractivity contribution in [2.45, 2.75) is 0 Å². The van der Waals surface area contributed by atoms with Crippen molar-refractivity contribution in [1.82, 2.24) is 4.98 Å². The number of primary amides is 1. The van der Waals surface area contributed by atoms with Crippen molar-refractivity contribution in [3.63, 3.8) is 0 Å². The monoisotopic (exact) mass is 187 g/mol. The minimum absolute atomic E-state index is 0.0444. The molecule has 0 aliphatic carbocycles. The first kappa shape index (κ1) is 8.61. The Labute approximate surface area is 73.3 Å². The van der Waals surface area contributed by atoms with Crippen molar-refractivity contribution >= 4 is 23.4 Å². The maximum Gasteiger partial charge on any atom is 0.410 e. The van der Waals surface area contributed by atoms with Gasteiger partial charge in [0.25, 0.3) is 0 Å². The molecule has 0 radical (unpaired) electrons. The number of nitrogens with two attached hydrogens (primary N) is 2. The molecule has 0 bridgehead atoms. The fourth-order valence-corrected chi connectivity index (χ4v) is 0.765. The molecule has 0 aromatic carbocycles. The molecule has 1 aromatic rings. The Hall–Kier alpha value is -1.49. The van der Waals surface area contributed by atoms with Crippen molar-refractivity contribution in [3.8, 4) is 5.75 Å². The fraction of sp³-hybridized carbons (Fsp3) is 0. The summed E-state index contributed by atoms with van der Waals surface area (Å²) in [5, 5.41) is 0.0444. The number of carbonyl (C=O) groups excluding carboxylic acids is 1. The van der Waals surface area contributed by atoms with E-state index in [9.17, 15) is 4.79 Å². The minimum Gasteiger partial charge on any atom is -0.407 e. The summed E-state index contributed by atoms with van der Waals surface area (Å²) in [7, 11) is 0. The molecule has 0 saturated heterocycles. The Morgan fingerprint density at radius 2 is 2.33 bits per heavy atom. The zero-order valence-corrected chi connectivity index (χ0v) is 6.71. The van der Waals surface area contributed by atoms with Gasteiger partial charge in [-0.1, -0.05) is 11.6 Å². The summed E-state index contributed by atoms with van der Waals surface area (Å²) >= 11 is 5.54. The van der Waals surface area contributed by atoms with Crippen molar-refractivity contribution in [2.75, 3.05) is 5.73 Å². The lowest BCUT2D eigenvalue weighted by Gasteiger charge is -2.02. The highest BCUT2D eigenvalue weighted by molar-refractivity contribution is 6.31. The number of nitrogens with zero attached hydrogens (tertiary/aromatic N) is 1. The van der Waals surface area contributed by atoms with Gasteiger partial charge in [-0.2, -0.15) is 0 Å². The van der Waals surface area contributed by atoms with E-state index in [0.717, 1.165) is 0 Å². The number of pyridine rings is 1. The standard InChI is InChI=1S/C6H6ClN3O2/c7-5-4(12-6(9)11)1-3(8)2-10-5/h1-2H,8H2,(H2,9,11). The molecule has 1 rings (SSSR count). The first-order valence-electron chi connectivity index (χ1n) is 2.98. The molecule has 5 nitrogen and oxygen atoms in total. The number of anilines is 1. The number of aromatic nitrogens is 1. The van der Waals surface area contributed by atoms with Crippen LogP contribution in [0.1, 0.15) is 0 Å². The number of amides is 1. The average molecular weight is 188 g/mol. The lowest BCUT2D eigenvalue weighted by atomic mass is 10.4. The molecular formula is C6H6ClN3O2. The van der Waals surface area contributed by atoms with Crippen LogP contribution in [0.4, 0.5) is 10.5 Å². The van der Waals surface area contributed by atoms with Gasteiger partial charge in [0.05, 0.1) is 11.9 Å². The number of halogens is 1. The van der Waals surface area contributed by atoms with E-state index in [1.54, 1.807) is 0 Å². The molecule has 0 aliphatic heterocycles. The van der Waals surface area contributed by atoms with Crippen LogP contribution >= 0.6 is 11.6 Å². The third-order valence-electron chi connectivity index (χ3n) is 1.04. The zero-order valence-electron chi connectivity index (χ0n) is 5.95. The molecule has 12 heavy (non-hydrogen) atoms. The number of hydrogen-bond acceptors (Lipinski definition) is 4. The molecule has 1 heterocycles. The third kappa shape index (κ3) is 2.00. The first-order valence-corrected chi connectivity index (χ1v) is 3.35. The molecule has 0 aliphatic rings. The topological polar surface area (TPSA) is 91.2 Å². The highest BCUT2D eigenvalue weighted by Crippen LogP contribution is 2.23. The largest absolute Gasteiger partial charge is 0.410 e. The summed E-state index contributed by atoms with van der Waals surface area (Å²) in [6.45, 7) is 0. The second-order valence-electron chi connectivity index (χ2n) is 1.98. The lowest BCUT2D eigenvalue weighted by molar-refractivity contribution is 0.211. The van der Waals surface area contributed by atoms with Crippen LogP contribution in [0.5, 0.6) is 5.75 Å². The summed E-state index contributed by atoms with van der Waals surface area (Å²) in [5.74, 6) is 0.0594. The number of hydrogen-bond donors (Lipinski definition) is 2. The Morgan fingerprint density at radius 3 is 2.92 bits per heavy atom. The van der Waals surface area contributed by atoms with Crippen LogP contribution in [0.2, 0.25) is 5.15 Å². The summed E-state index contributed by atoms with van der Waals surface area (Å²) in [6, 6.07) is 1.36. The number of nitrogen functional groups attached to an aromatic ring is 1. The molecule has 0 atom stereocenters. The van der Waals surface area contributed by atoms with E-state index in [-0.39, 0.29) is 10.9 Å². The van der Waals surface area contributed by atoms with Crippen LogP contribution in [0.3, 0.4) is 0 Å². The van der Waals surface area contributed by atoms with Gasteiger partial charge in [0.1, 0.15) is 0 Å². The van der Waals surface area contributed by atoms with Gasteiger partial charge in [0.15, 0.2) is 10.9 Å². The Kier molecular flexibility index (Phi) is 2.35. The normalized spacial score (nSPS) is 9.42. The van der Waals surface area contributed by atoms with Crippen LogP contribution in [0.15, 0.2) is 12.3 Å². The van der Waals surface area contributed by atoms with E-state index in [1.807, 2.05) is 0 Å². The van der Waals surface area contributed by atoms with Gasteiger partial charge >= 0.3 is 6.09 Å². The highest BCUT2D eigenvalue weighted by atomic mass is 35.5. The lowest BCUT2D eigenvalue weighted by Crippen LogP contribution is -2.16. The molecule has 64 valence electrons. The molecular weight excluding hydrogens is 182 g/mol. The molecule has 1 aromatic heterocycles. The first-order chi connectivity index (χ1) is 5.59. The third-order valence-corrected chi connectivity index (χ3v) is 1.32. The Morgan fingerprint density at radius 1 is 1.67 bits per heavy atom. The summed E-state index contributed by atoms with van der Waals surface area (Å²) < 4.78 is 4.49. The van der Waals surface area contributed by atoms with Crippen molar-refractivity contribution < 1.29 is 9.53 Å². The van der Waals surface area contributed by atoms with E-state index in [1.165, 1.54) is 12.3 Å². The van der Waals surface area contributed by atoms with Gasteiger partial charge in [-0.05, 0) is 0 Å². The highest BCUT2D eigenvalue weighted by Gasteiger charge is 2.05. The molecule has 0 unspecified atom stereocenters. The Balaban J connectivity index is 2.97. The maximum atomic E-state index is 10.3. The average Bonchev–Trinajstić information content (AvgIpc) is 1.96. The van der Waals surface area contributed by atoms with Crippen LogP contribution in [0, 0.1) is 0 Å². The molecule has 0 saturated carbocycles. The molecule has 1 amide bonds. The van der Waals surface area contributed by atoms with Gasteiger partial charge in [-0.3, -0.25) is 0 Å². The van der Waals surface area contributed by atoms with Crippen molar-refractivity contribution in [3.05, 3.63) is 17.4 Å². The zero-order chi connectivity index (χ0) is 9.14. The fourth-order valence-electron chi connectivity index (χ4n) is 0.623. The van der Waals surface area contributed by atoms with Crippen LogP contribution in [0.25, 0.3) is 0 Å². The van der Waals surface area contributed by atoms with E-state index in [0.29, 0.717) is 5.69 Å². The second kappa shape index (κ2) is 3.27. The summed E-state index contributed by atoms with van der Waals surface area (Å²) in [4.78, 5) is 13.9. The van der Waals surface area contributed by atoms with Crippen LogP contribution < -0.4 is 16.2 Å². The van der Waals surface area contributed by atoms with Gasteiger partial charge in [-0.25, -0.2) is 9.78 Å². The van der Waals surface area contributed by atoms with Gasteiger partial charge in [-0.15, -0.1) is 0 Å². The molecule has 0 fully saturated rings. The summed E-state index contributed by atoms with van der Waals surface area (Å²) in [5.41, 5.74) is 10.4. The number of rotatable bonds is 1. The van der Waals surface area contributed by atoms with Crippen LogP contribution in [-0.2, 0) is 0 Å². The smallest absolute Gasteiger partial charge is 0.407 e. The quantitative estimate of drug-likeness (QED) is 0.636. The van der Waals surface area contributed by atoms with Crippen LogP contribution in [-0.4, -0.2) is 11.1 Å². The minimum atomic E-state index is -0.954. The second-order valence-corrected chi connectivity index (χ2v) is 2.34. The van der Waals surface area contributed by atoms with Crippen molar-refractivity contribution in [2.24, 2.45) is 5.73 Å². The van der Waals surface area contributed by atoms with Gasteiger partial charge in [0, 0.05) is 6.07 Å². The van der Waals surface area contributed by atoms with Gasteiger partial charge < -0.3 is 16.2 Å². The number of carbonyl (C=O) groups is 1. The number of ether oxygens (including phenoxy) is 1. The van der Waals surface area contributed by atoms with E-state index in [2.05, 4.69) is 9.72 Å².